The number of rotatable bonds is 7. The third kappa shape index (κ3) is 4.10. The van der Waals surface area contributed by atoms with Crippen LogP contribution in [0.25, 0.3) is 11.0 Å². The second-order valence-electron chi connectivity index (χ2n) is 7.63. The molecule has 3 aromatic rings. The third-order valence-corrected chi connectivity index (χ3v) is 5.98. The summed E-state index contributed by atoms with van der Waals surface area (Å²) in [6.07, 6.45) is 0. The molecule has 2 aromatic heterocycles. The van der Waals surface area contributed by atoms with Crippen molar-refractivity contribution in [3.05, 3.63) is 46.8 Å². The highest BCUT2D eigenvalue weighted by atomic mass is 32.2. The summed E-state index contributed by atoms with van der Waals surface area (Å²) in [6.45, 7) is 10.6. The Morgan fingerprint density at radius 1 is 1.21 bits per heavy atom. The number of aryl methyl sites for hydroxylation is 1. The van der Waals surface area contributed by atoms with Crippen molar-refractivity contribution in [2.75, 3.05) is 7.11 Å². The third-order valence-electron chi connectivity index (χ3n) is 4.89. The fraction of sp³-hybridized carbons (Fsp3) is 0.409. The number of fused-ring (bicyclic) bond motifs is 1. The number of ether oxygens (including phenoxy) is 1. The molecule has 0 fully saturated rings. The lowest BCUT2D eigenvalue weighted by Gasteiger charge is -2.14. The SMILES string of the molecule is COC(=O)c1c(C)[nH]c(C(=O)[C@@H](C)Sc2nc3ccccc3n2CC(C)C)c1C. The Bertz CT molecular complexity index is 1060. The van der Waals surface area contributed by atoms with E-state index in [0.29, 0.717) is 28.4 Å². The molecule has 0 unspecified atom stereocenters. The van der Waals surface area contributed by atoms with Crippen LogP contribution in [0.2, 0.25) is 0 Å². The summed E-state index contributed by atoms with van der Waals surface area (Å²) in [6, 6.07) is 8.02. The van der Waals surface area contributed by atoms with E-state index in [1.165, 1.54) is 18.9 Å². The largest absolute Gasteiger partial charge is 0.465 e. The van der Waals surface area contributed by atoms with Crippen LogP contribution < -0.4 is 0 Å². The molecule has 0 aliphatic heterocycles. The molecule has 154 valence electrons. The number of benzene rings is 1. The Kier molecular flexibility index (Phi) is 6.17. The number of hydrogen-bond donors (Lipinski definition) is 1. The first-order chi connectivity index (χ1) is 13.7. The van der Waals surface area contributed by atoms with Gasteiger partial charge < -0.3 is 14.3 Å². The smallest absolute Gasteiger partial charge is 0.339 e. The number of nitrogens with one attached hydrogen (secondary N) is 1. The number of hydrogen-bond acceptors (Lipinski definition) is 5. The molecule has 1 aromatic carbocycles. The molecule has 0 saturated heterocycles. The summed E-state index contributed by atoms with van der Waals surface area (Å²) in [4.78, 5) is 33.0. The molecule has 7 heteroatoms. The van der Waals surface area contributed by atoms with Gasteiger partial charge in [0.25, 0.3) is 0 Å². The summed E-state index contributed by atoms with van der Waals surface area (Å²) >= 11 is 1.44. The molecule has 1 N–H and O–H groups in total. The van der Waals surface area contributed by atoms with E-state index in [0.717, 1.165) is 22.7 Å². The minimum Gasteiger partial charge on any atom is -0.465 e. The van der Waals surface area contributed by atoms with Gasteiger partial charge in [0.05, 0.1) is 34.7 Å². The maximum Gasteiger partial charge on any atom is 0.339 e. The number of methoxy groups -OCH3 is 1. The number of para-hydroxylation sites is 2. The highest BCUT2D eigenvalue weighted by molar-refractivity contribution is 8.00. The van der Waals surface area contributed by atoms with Crippen molar-refractivity contribution < 1.29 is 14.3 Å². The van der Waals surface area contributed by atoms with Crippen molar-refractivity contribution in [3.63, 3.8) is 0 Å². The van der Waals surface area contributed by atoms with Crippen LogP contribution in [0.3, 0.4) is 0 Å². The summed E-state index contributed by atoms with van der Waals surface area (Å²) in [5, 5.41) is 0.467. The predicted molar refractivity (Wildman–Crippen MR) is 116 cm³/mol. The van der Waals surface area contributed by atoms with Crippen LogP contribution in [0.15, 0.2) is 29.4 Å². The first kappa shape index (κ1) is 21.2. The normalized spacial score (nSPS) is 12.5. The van der Waals surface area contributed by atoms with Gasteiger partial charge in [-0.25, -0.2) is 9.78 Å². The van der Waals surface area contributed by atoms with Crippen LogP contribution in [0.1, 0.15) is 52.9 Å². The number of ketones is 1. The Morgan fingerprint density at radius 2 is 1.90 bits per heavy atom. The van der Waals surface area contributed by atoms with Crippen molar-refractivity contribution in [2.24, 2.45) is 5.92 Å². The van der Waals surface area contributed by atoms with Gasteiger partial charge in [-0.05, 0) is 44.4 Å². The Labute approximate surface area is 175 Å². The molecule has 0 aliphatic carbocycles. The molecule has 1 atom stereocenters. The summed E-state index contributed by atoms with van der Waals surface area (Å²) in [5.41, 5.74) is 4.15. The molecular formula is C22H27N3O3S. The second kappa shape index (κ2) is 8.45. The number of aromatic amines is 1. The first-order valence-corrected chi connectivity index (χ1v) is 10.6. The number of thioether (sulfide) groups is 1. The number of esters is 1. The summed E-state index contributed by atoms with van der Waals surface area (Å²) in [7, 11) is 1.34. The van der Waals surface area contributed by atoms with Crippen LogP contribution >= 0.6 is 11.8 Å². The predicted octanol–water partition coefficient (Wildman–Crippen LogP) is 4.79. The van der Waals surface area contributed by atoms with Gasteiger partial charge in [-0.1, -0.05) is 37.7 Å². The van der Waals surface area contributed by atoms with E-state index in [9.17, 15) is 9.59 Å². The van der Waals surface area contributed by atoms with Crippen molar-refractivity contribution in [3.8, 4) is 0 Å². The number of imidazole rings is 1. The monoisotopic (exact) mass is 413 g/mol. The van der Waals surface area contributed by atoms with Crippen molar-refractivity contribution in [1.29, 1.82) is 0 Å². The second-order valence-corrected chi connectivity index (χ2v) is 8.94. The molecule has 0 aliphatic rings. The van der Waals surface area contributed by atoms with Crippen molar-refractivity contribution in [2.45, 2.75) is 51.6 Å². The van der Waals surface area contributed by atoms with E-state index < -0.39 is 5.97 Å². The van der Waals surface area contributed by atoms with E-state index in [4.69, 9.17) is 9.72 Å². The van der Waals surface area contributed by atoms with E-state index in [1.54, 1.807) is 13.8 Å². The lowest BCUT2D eigenvalue weighted by atomic mass is 10.1. The zero-order valence-corrected chi connectivity index (χ0v) is 18.5. The van der Waals surface area contributed by atoms with E-state index in [2.05, 4.69) is 29.5 Å². The van der Waals surface area contributed by atoms with Crippen LogP contribution in [-0.4, -0.2) is 38.6 Å². The van der Waals surface area contributed by atoms with Crippen LogP contribution in [-0.2, 0) is 11.3 Å². The fourth-order valence-electron chi connectivity index (χ4n) is 3.50. The van der Waals surface area contributed by atoms with Crippen LogP contribution in [0.5, 0.6) is 0 Å². The van der Waals surface area contributed by atoms with Gasteiger partial charge in [0.2, 0.25) is 0 Å². The topological polar surface area (TPSA) is 77.0 Å². The van der Waals surface area contributed by atoms with E-state index in [1.807, 2.05) is 25.1 Å². The maximum absolute atomic E-state index is 13.2. The van der Waals surface area contributed by atoms with Crippen molar-refractivity contribution >= 4 is 34.5 Å². The zero-order valence-electron chi connectivity index (χ0n) is 17.7. The Morgan fingerprint density at radius 3 is 2.55 bits per heavy atom. The Balaban J connectivity index is 1.92. The highest BCUT2D eigenvalue weighted by Gasteiger charge is 2.27. The number of aromatic nitrogens is 3. The number of carbonyl (C=O) groups excluding carboxylic acids is 2. The van der Waals surface area contributed by atoms with Gasteiger partial charge >= 0.3 is 5.97 Å². The van der Waals surface area contributed by atoms with Gasteiger partial charge in [-0.2, -0.15) is 0 Å². The van der Waals surface area contributed by atoms with Crippen molar-refractivity contribution in [1.82, 2.24) is 14.5 Å². The average molecular weight is 414 g/mol. The molecule has 3 rings (SSSR count). The molecule has 0 amide bonds. The van der Waals surface area contributed by atoms with Gasteiger partial charge in [0.1, 0.15) is 0 Å². The molecule has 0 saturated carbocycles. The molecule has 2 heterocycles. The van der Waals surface area contributed by atoms with Gasteiger partial charge in [-0.15, -0.1) is 0 Å². The maximum atomic E-state index is 13.2. The lowest BCUT2D eigenvalue weighted by Crippen LogP contribution is -2.17. The zero-order chi connectivity index (χ0) is 21.3. The average Bonchev–Trinajstić information content (AvgIpc) is 3.17. The van der Waals surface area contributed by atoms with E-state index >= 15 is 0 Å². The number of H-pyrrole nitrogens is 1. The molecule has 6 nitrogen and oxygen atoms in total. The first-order valence-electron chi connectivity index (χ1n) is 9.68. The lowest BCUT2D eigenvalue weighted by molar-refractivity contribution is 0.0599. The number of nitrogens with zero attached hydrogens (tertiary/aromatic N) is 2. The number of carbonyl (C=O) groups is 2. The standard InChI is InChI=1S/C22H27N3O3S/c1-12(2)11-25-17-10-8-7-9-16(17)24-22(25)29-15(5)20(26)19-13(3)18(14(4)23-19)21(27)28-6/h7-10,12,15,23H,11H2,1-6H3/t15-/m1/s1. The molecular weight excluding hydrogens is 386 g/mol. The highest BCUT2D eigenvalue weighted by Crippen LogP contribution is 2.31. The summed E-state index contributed by atoms with van der Waals surface area (Å²) < 4.78 is 7.03. The van der Waals surface area contributed by atoms with Crippen LogP contribution in [0, 0.1) is 19.8 Å². The molecule has 0 spiro atoms. The van der Waals surface area contributed by atoms with Crippen LogP contribution in [0.4, 0.5) is 0 Å². The van der Waals surface area contributed by atoms with Gasteiger partial charge in [-0.3, -0.25) is 4.79 Å². The molecule has 29 heavy (non-hydrogen) atoms. The minimum atomic E-state index is -0.436. The number of Topliss-reactive ketones (excluding diaryl/α,β-unsaturated/α-hetero) is 1. The quantitative estimate of drug-likeness (QED) is 0.342. The Hall–Kier alpha value is -2.54. The fourth-order valence-corrected chi connectivity index (χ4v) is 4.50. The minimum absolute atomic E-state index is 0.0612. The summed E-state index contributed by atoms with van der Waals surface area (Å²) in [5.74, 6) is -0.0443. The van der Waals surface area contributed by atoms with Gasteiger partial charge in [0.15, 0.2) is 10.9 Å². The molecule has 0 bridgehead atoms. The van der Waals surface area contributed by atoms with E-state index in [-0.39, 0.29) is 11.0 Å². The molecule has 0 radical (unpaired) electrons. The van der Waals surface area contributed by atoms with Gasteiger partial charge in [0, 0.05) is 12.2 Å².